The fourth-order valence-corrected chi connectivity index (χ4v) is 1.16. The van der Waals surface area contributed by atoms with Gasteiger partial charge in [-0.1, -0.05) is 6.08 Å². The van der Waals surface area contributed by atoms with Gasteiger partial charge in [-0.05, 0) is 19.4 Å². The van der Waals surface area contributed by atoms with Crippen LogP contribution in [0.4, 0.5) is 0 Å². The first-order chi connectivity index (χ1) is 5.47. The average Bonchev–Trinajstić information content (AvgIpc) is 2.30. The van der Waals surface area contributed by atoms with E-state index in [4.69, 9.17) is 10.8 Å². The van der Waals surface area contributed by atoms with Crippen molar-refractivity contribution < 1.29 is 15.4 Å². The van der Waals surface area contributed by atoms with E-state index >= 15 is 0 Å². The van der Waals surface area contributed by atoms with Crippen LogP contribution < -0.4 is 0 Å². The van der Waals surface area contributed by atoms with Crippen LogP contribution in [0.3, 0.4) is 0 Å². The Balaban J connectivity index is 2.26. The maximum absolute atomic E-state index is 11.2. The van der Waals surface area contributed by atoms with Gasteiger partial charge in [0.25, 0.3) is 0 Å². The smallest absolute Gasteiger partial charge is 0.177 e. The third-order valence-corrected chi connectivity index (χ3v) is 1.88. The summed E-state index contributed by atoms with van der Waals surface area (Å²) in [5, 5.41) is 0. The molecule has 0 aliphatic carbocycles. The molecule has 1 aliphatic heterocycles. The molecule has 0 amide bonds. The Hall–Kier alpha value is -0.110. The van der Waals surface area contributed by atoms with Crippen molar-refractivity contribution in [1.82, 2.24) is 0 Å². The first kappa shape index (κ1) is 7.53. The lowest BCUT2D eigenvalue weighted by molar-refractivity contribution is -0.0763. The molecule has 0 spiro atoms. The molecule has 2 atom stereocenters. The van der Waals surface area contributed by atoms with Gasteiger partial charge in [-0.15, -0.1) is 0 Å². The Morgan fingerprint density at radius 2 is 2.64 bits per heavy atom. The normalized spacial score (nSPS) is 32.4. The summed E-state index contributed by atoms with van der Waals surface area (Å²) < 4.78 is 28.5. The molecule has 0 N–H and O–H groups in total. The zero-order chi connectivity index (χ0) is 9.19. The van der Waals surface area contributed by atoms with Crippen LogP contribution in [0.25, 0.3) is 0 Å². The molecule has 0 radical (unpaired) electrons. The first-order valence-electron chi connectivity index (χ1n) is 3.97. The zero-order valence-corrected chi connectivity index (χ0v) is 7.58. The van der Waals surface area contributed by atoms with Crippen molar-refractivity contribution in [3.63, 3.8) is 0 Å². The number of rotatable bonds is 3. The van der Waals surface area contributed by atoms with E-state index in [0.717, 1.165) is 0 Å². The predicted molar refractivity (Wildman–Crippen MR) is 44.3 cm³/mol. The quantitative estimate of drug-likeness (QED) is 0.485. The molecule has 0 aromatic heterocycles. The summed E-state index contributed by atoms with van der Waals surface area (Å²) in [4.78, 5) is 0. The topological polar surface area (TPSA) is 35.5 Å². The maximum Gasteiger partial charge on any atom is 0.177 e. The maximum atomic E-state index is 11.2. The predicted octanol–water partition coefficient (Wildman–Crippen LogP) is 1.50. The second-order valence-corrected chi connectivity index (χ2v) is 6.30. The molecule has 3 nitrogen and oxygen atoms in total. The SMILES string of the molecule is [3H][C@H]1C=C[C@@H](OCP(C)(C)=O)O1. The van der Waals surface area contributed by atoms with Gasteiger partial charge in [0.05, 0.1) is 7.95 Å². The second-order valence-electron chi connectivity index (χ2n) is 2.90. The van der Waals surface area contributed by atoms with Gasteiger partial charge in [0, 0.05) is 0 Å². The Kier molecular flexibility index (Phi) is 2.41. The standard InChI is InChI=1S/C7H13O3P/c1-11(2,8)6-10-7-4-3-5-9-7/h3-4,7H,5-6H2,1-2H3/t7-/m1/s1/i5T/t5-,7+/m0. The van der Waals surface area contributed by atoms with Crippen LogP contribution in [0.15, 0.2) is 12.2 Å². The minimum absolute atomic E-state index is 0.203. The van der Waals surface area contributed by atoms with Gasteiger partial charge in [-0.3, -0.25) is 0 Å². The highest BCUT2D eigenvalue weighted by Gasteiger charge is 2.13. The van der Waals surface area contributed by atoms with Gasteiger partial charge < -0.3 is 14.0 Å². The van der Waals surface area contributed by atoms with Gasteiger partial charge in [0.15, 0.2) is 6.29 Å². The lowest BCUT2D eigenvalue weighted by atomic mass is 10.6. The van der Waals surface area contributed by atoms with Crippen LogP contribution in [-0.2, 0) is 14.0 Å². The average molecular weight is 178 g/mol. The summed E-state index contributed by atoms with van der Waals surface area (Å²) >= 11 is 0. The van der Waals surface area contributed by atoms with Gasteiger partial charge in [-0.2, -0.15) is 0 Å². The van der Waals surface area contributed by atoms with Crippen molar-refractivity contribution in [3.05, 3.63) is 12.2 Å². The largest absolute Gasteiger partial charge is 0.345 e. The highest BCUT2D eigenvalue weighted by molar-refractivity contribution is 7.62. The fraction of sp³-hybridized carbons (Fsp3) is 0.714. The van der Waals surface area contributed by atoms with Gasteiger partial charge >= 0.3 is 0 Å². The van der Waals surface area contributed by atoms with Crippen LogP contribution in [-0.4, -0.2) is 32.6 Å². The van der Waals surface area contributed by atoms with Crippen molar-refractivity contribution in [3.8, 4) is 0 Å². The third kappa shape index (κ3) is 3.71. The molecule has 11 heavy (non-hydrogen) atoms. The van der Waals surface area contributed by atoms with Crippen molar-refractivity contribution >= 4 is 7.14 Å². The van der Waals surface area contributed by atoms with Crippen LogP contribution in [0, 0.1) is 0 Å². The monoisotopic (exact) mass is 178 g/mol. The lowest BCUT2D eigenvalue weighted by Crippen LogP contribution is -2.10. The van der Waals surface area contributed by atoms with Crippen LogP contribution >= 0.6 is 7.14 Å². The fourth-order valence-electron chi connectivity index (χ4n) is 0.652. The first-order valence-corrected chi connectivity index (χ1v) is 6.18. The Morgan fingerprint density at radius 3 is 3.09 bits per heavy atom. The second kappa shape index (κ2) is 3.53. The summed E-state index contributed by atoms with van der Waals surface area (Å²) in [5.41, 5.74) is 0. The third-order valence-electron chi connectivity index (χ3n) is 1.11. The van der Waals surface area contributed by atoms with Crippen molar-refractivity contribution in [2.24, 2.45) is 0 Å². The molecule has 0 saturated carbocycles. The molecular weight excluding hydrogens is 163 g/mol. The van der Waals surface area contributed by atoms with Crippen molar-refractivity contribution in [2.45, 2.75) is 6.29 Å². The Bertz CT molecular complexity index is 223. The van der Waals surface area contributed by atoms with E-state index in [9.17, 15) is 4.57 Å². The molecule has 4 heteroatoms. The molecule has 1 rings (SSSR count). The van der Waals surface area contributed by atoms with E-state index in [0.29, 0.717) is 0 Å². The van der Waals surface area contributed by atoms with Crippen LogP contribution in [0.2, 0.25) is 0 Å². The minimum Gasteiger partial charge on any atom is -0.345 e. The molecule has 0 unspecified atom stereocenters. The number of hydrogen-bond donors (Lipinski definition) is 0. The van der Waals surface area contributed by atoms with E-state index in [1.807, 2.05) is 0 Å². The van der Waals surface area contributed by atoms with Crippen LogP contribution in [0.5, 0.6) is 0 Å². The van der Waals surface area contributed by atoms with Gasteiger partial charge in [0.1, 0.15) is 13.5 Å². The summed E-state index contributed by atoms with van der Waals surface area (Å²) in [7, 11) is -2.14. The summed E-state index contributed by atoms with van der Waals surface area (Å²) in [6, 6.07) is 0. The Morgan fingerprint density at radius 1 is 1.91 bits per heavy atom. The minimum atomic E-state index is -2.14. The number of ether oxygens (including phenoxy) is 2. The molecule has 0 aromatic rings. The van der Waals surface area contributed by atoms with Crippen molar-refractivity contribution in [2.75, 3.05) is 26.3 Å². The zero-order valence-electron chi connectivity index (χ0n) is 7.69. The Labute approximate surface area is 68.2 Å². The van der Waals surface area contributed by atoms with E-state index in [-0.39, 0.29) is 6.35 Å². The molecule has 0 bridgehead atoms. The summed E-state index contributed by atoms with van der Waals surface area (Å²) in [6.45, 7) is 2.68. The van der Waals surface area contributed by atoms with Gasteiger partial charge in [0.2, 0.25) is 0 Å². The summed E-state index contributed by atoms with van der Waals surface area (Å²) in [5.74, 6) is 0. The van der Waals surface area contributed by atoms with Gasteiger partial charge in [-0.25, -0.2) is 0 Å². The highest BCUT2D eigenvalue weighted by atomic mass is 31.2. The van der Waals surface area contributed by atoms with Crippen LogP contribution in [0.1, 0.15) is 1.37 Å². The van der Waals surface area contributed by atoms with Crippen molar-refractivity contribution in [1.29, 1.82) is 0 Å². The van der Waals surface area contributed by atoms with E-state index in [2.05, 4.69) is 0 Å². The molecule has 1 heterocycles. The van der Waals surface area contributed by atoms with E-state index in [1.165, 1.54) is 0 Å². The summed E-state index contributed by atoms with van der Waals surface area (Å²) in [6.07, 6.45) is 2.98. The van der Waals surface area contributed by atoms with E-state index in [1.54, 1.807) is 25.5 Å². The number of hydrogen-bond acceptors (Lipinski definition) is 3. The van der Waals surface area contributed by atoms with E-state index < -0.39 is 20.0 Å². The molecular formula is C7H13O3P. The lowest BCUT2D eigenvalue weighted by Gasteiger charge is -2.11. The highest BCUT2D eigenvalue weighted by Crippen LogP contribution is 2.36. The molecule has 0 saturated heterocycles. The molecule has 1 aliphatic rings. The molecule has 0 aromatic carbocycles. The molecule has 0 fully saturated rings. The molecule has 64 valence electrons.